The monoisotopic (exact) mass is 414 g/mol. The van der Waals surface area contributed by atoms with Crippen molar-refractivity contribution in [1.82, 2.24) is 9.88 Å². The first-order valence-corrected chi connectivity index (χ1v) is 9.85. The summed E-state index contributed by atoms with van der Waals surface area (Å²) in [5, 5.41) is 10.7. The fourth-order valence-electron chi connectivity index (χ4n) is 3.71. The third-order valence-corrected chi connectivity index (χ3v) is 5.38. The molecule has 0 saturated carbocycles. The number of nitrogens with zero attached hydrogens (tertiary/aromatic N) is 3. The number of aromatic amines is 1. The van der Waals surface area contributed by atoms with E-state index in [-0.39, 0.29) is 11.7 Å². The number of benzene rings is 2. The number of hydrogen-bond acceptors (Lipinski definition) is 5. The summed E-state index contributed by atoms with van der Waals surface area (Å²) >= 11 is 0. The number of ether oxygens (including phenoxy) is 1. The molecule has 0 spiro atoms. The van der Waals surface area contributed by atoms with Crippen LogP contribution in [0.5, 0.6) is 5.88 Å². The Morgan fingerprint density at radius 3 is 2.67 bits per heavy atom. The molecule has 0 aliphatic carbocycles. The van der Waals surface area contributed by atoms with Gasteiger partial charge in [-0.2, -0.15) is 0 Å². The molecular weight excluding hydrogens is 390 g/mol. The van der Waals surface area contributed by atoms with E-state index in [1.807, 2.05) is 4.90 Å². The molecule has 0 amide bonds. The van der Waals surface area contributed by atoms with Crippen LogP contribution in [0.1, 0.15) is 5.56 Å². The molecule has 0 unspecified atom stereocenters. The number of H-pyrrole nitrogens is 1. The SMILES string of the molecule is COCCN1CCN(c2ccc(N=Cc3c(O)[nH]c4cc(F)ccc34)cc2F)CC1. The number of nitrogens with one attached hydrogen (secondary N) is 1. The lowest BCUT2D eigenvalue weighted by molar-refractivity contribution is 0.144. The molecule has 2 aromatic carbocycles. The van der Waals surface area contributed by atoms with Crippen molar-refractivity contribution in [3.8, 4) is 5.88 Å². The highest BCUT2D eigenvalue weighted by Gasteiger charge is 2.19. The minimum atomic E-state index is -0.399. The number of aromatic nitrogens is 1. The first-order chi connectivity index (χ1) is 14.5. The number of hydrogen-bond donors (Lipinski definition) is 2. The summed E-state index contributed by atoms with van der Waals surface area (Å²) in [5.74, 6) is -0.840. The number of methoxy groups -OCH3 is 1. The molecule has 158 valence electrons. The lowest BCUT2D eigenvalue weighted by atomic mass is 10.2. The van der Waals surface area contributed by atoms with Gasteiger partial charge in [-0.1, -0.05) is 0 Å². The van der Waals surface area contributed by atoms with Crippen LogP contribution in [0.3, 0.4) is 0 Å². The van der Waals surface area contributed by atoms with Gasteiger partial charge in [-0.25, -0.2) is 8.78 Å². The normalized spacial score (nSPS) is 15.5. The third kappa shape index (κ3) is 4.29. The number of rotatable bonds is 6. The molecule has 6 nitrogen and oxygen atoms in total. The van der Waals surface area contributed by atoms with E-state index in [0.717, 1.165) is 32.7 Å². The summed E-state index contributed by atoms with van der Waals surface area (Å²) in [6, 6.07) is 9.05. The van der Waals surface area contributed by atoms with Crippen LogP contribution in [0.2, 0.25) is 0 Å². The minimum absolute atomic E-state index is 0.109. The Labute approximate surface area is 173 Å². The summed E-state index contributed by atoms with van der Waals surface area (Å²) in [7, 11) is 1.69. The van der Waals surface area contributed by atoms with Gasteiger partial charge in [0.05, 0.1) is 29.1 Å². The van der Waals surface area contributed by atoms with Crippen molar-refractivity contribution in [2.24, 2.45) is 4.99 Å². The van der Waals surface area contributed by atoms with Crippen molar-refractivity contribution in [3.63, 3.8) is 0 Å². The number of piperazine rings is 1. The van der Waals surface area contributed by atoms with Crippen molar-refractivity contribution in [3.05, 3.63) is 53.6 Å². The van der Waals surface area contributed by atoms with Crippen LogP contribution in [-0.2, 0) is 4.74 Å². The fourth-order valence-corrected chi connectivity index (χ4v) is 3.71. The van der Waals surface area contributed by atoms with Crippen LogP contribution >= 0.6 is 0 Å². The maximum Gasteiger partial charge on any atom is 0.198 e. The number of aromatic hydroxyl groups is 1. The summed E-state index contributed by atoms with van der Waals surface area (Å²) in [6.45, 7) is 4.81. The van der Waals surface area contributed by atoms with Crippen LogP contribution in [0, 0.1) is 11.6 Å². The van der Waals surface area contributed by atoms with E-state index in [2.05, 4.69) is 14.9 Å². The number of fused-ring (bicyclic) bond motifs is 1. The van der Waals surface area contributed by atoms with Crippen molar-refractivity contribution in [1.29, 1.82) is 0 Å². The highest BCUT2D eigenvalue weighted by molar-refractivity contribution is 6.02. The van der Waals surface area contributed by atoms with E-state index in [1.54, 1.807) is 25.3 Å². The molecule has 0 atom stereocenters. The number of anilines is 1. The molecule has 1 saturated heterocycles. The average molecular weight is 414 g/mol. The van der Waals surface area contributed by atoms with Crippen molar-refractivity contribution in [2.75, 3.05) is 51.3 Å². The van der Waals surface area contributed by atoms with Gasteiger partial charge in [-0.05, 0) is 30.3 Å². The molecule has 1 aliphatic heterocycles. The van der Waals surface area contributed by atoms with Crippen LogP contribution in [0.25, 0.3) is 10.9 Å². The molecule has 1 aromatic heterocycles. The first kappa shape index (κ1) is 20.3. The molecule has 0 bridgehead atoms. The molecule has 4 rings (SSSR count). The van der Waals surface area contributed by atoms with Gasteiger partial charge in [0.1, 0.15) is 11.6 Å². The Hall–Kier alpha value is -2.97. The highest BCUT2D eigenvalue weighted by Crippen LogP contribution is 2.28. The Bertz CT molecular complexity index is 1060. The highest BCUT2D eigenvalue weighted by atomic mass is 19.1. The molecule has 2 heterocycles. The van der Waals surface area contributed by atoms with E-state index < -0.39 is 5.82 Å². The molecule has 1 aliphatic rings. The molecule has 30 heavy (non-hydrogen) atoms. The van der Waals surface area contributed by atoms with Gasteiger partial charge >= 0.3 is 0 Å². The van der Waals surface area contributed by atoms with E-state index >= 15 is 0 Å². The van der Waals surface area contributed by atoms with Gasteiger partial charge in [0.2, 0.25) is 0 Å². The van der Waals surface area contributed by atoms with E-state index in [9.17, 15) is 13.9 Å². The maximum atomic E-state index is 14.7. The Balaban J connectivity index is 1.47. The van der Waals surface area contributed by atoms with E-state index in [0.29, 0.717) is 34.4 Å². The molecule has 0 radical (unpaired) electrons. The standard InChI is InChI=1S/C22H24F2N4O2/c1-30-11-10-27-6-8-28(9-7-27)21-5-3-16(13-19(21)24)25-14-18-17-4-2-15(23)12-20(17)26-22(18)29/h2-5,12-14,26,29H,6-11H2,1H3. The summed E-state index contributed by atoms with van der Waals surface area (Å²) in [5.41, 5.74) is 1.90. The Morgan fingerprint density at radius 1 is 1.13 bits per heavy atom. The van der Waals surface area contributed by atoms with Gasteiger partial charge in [-0.15, -0.1) is 0 Å². The van der Waals surface area contributed by atoms with Gasteiger partial charge in [0, 0.05) is 57.5 Å². The van der Waals surface area contributed by atoms with Crippen molar-refractivity contribution < 1.29 is 18.6 Å². The zero-order valence-electron chi connectivity index (χ0n) is 16.7. The molecule has 3 aromatic rings. The minimum Gasteiger partial charge on any atom is -0.494 e. The predicted octanol–water partition coefficient (Wildman–Crippen LogP) is 3.67. The molecular formula is C22H24F2N4O2. The second-order valence-electron chi connectivity index (χ2n) is 7.29. The van der Waals surface area contributed by atoms with Gasteiger partial charge < -0.3 is 19.7 Å². The average Bonchev–Trinajstić information content (AvgIpc) is 3.05. The smallest absolute Gasteiger partial charge is 0.198 e. The van der Waals surface area contributed by atoms with Crippen LogP contribution in [0.4, 0.5) is 20.2 Å². The quantitative estimate of drug-likeness (QED) is 0.604. The van der Waals surface area contributed by atoms with E-state index in [4.69, 9.17) is 4.74 Å². The van der Waals surface area contributed by atoms with Gasteiger partial charge in [0.25, 0.3) is 0 Å². The Morgan fingerprint density at radius 2 is 1.93 bits per heavy atom. The first-order valence-electron chi connectivity index (χ1n) is 9.85. The third-order valence-electron chi connectivity index (χ3n) is 5.38. The zero-order valence-corrected chi connectivity index (χ0v) is 16.7. The van der Waals surface area contributed by atoms with Crippen LogP contribution in [0.15, 0.2) is 41.4 Å². The summed E-state index contributed by atoms with van der Waals surface area (Å²) in [4.78, 5) is 11.3. The van der Waals surface area contributed by atoms with Crippen LogP contribution in [-0.4, -0.2) is 67.6 Å². The largest absolute Gasteiger partial charge is 0.494 e. The molecule has 1 fully saturated rings. The lowest BCUT2D eigenvalue weighted by Gasteiger charge is -2.36. The fraction of sp³-hybridized carbons (Fsp3) is 0.318. The second kappa shape index (κ2) is 8.81. The maximum absolute atomic E-state index is 14.7. The Kier molecular flexibility index (Phi) is 5.96. The van der Waals surface area contributed by atoms with Crippen molar-refractivity contribution >= 4 is 28.5 Å². The molecule has 2 N–H and O–H groups in total. The van der Waals surface area contributed by atoms with Gasteiger partial charge in [0.15, 0.2) is 5.88 Å². The van der Waals surface area contributed by atoms with Crippen molar-refractivity contribution in [2.45, 2.75) is 0 Å². The topological polar surface area (TPSA) is 64.1 Å². The second-order valence-corrected chi connectivity index (χ2v) is 7.29. The predicted molar refractivity (Wildman–Crippen MR) is 114 cm³/mol. The van der Waals surface area contributed by atoms with E-state index in [1.165, 1.54) is 24.4 Å². The summed E-state index contributed by atoms with van der Waals surface area (Å²) < 4.78 is 33.2. The lowest BCUT2D eigenvalue weighted by Crippen LogP contribution is -2.47. The molecule has 8 heteroatoms. The number of aliphatic imine (C=N–C) groups is 1. The van der Waals surface area contributed by atoms with Gasteiger partial charge in [-0.3, -0.25) is 9.89 Å². The number of halogens is 2. The van der Waals surface area contributed by atoms with Crippen LogP contribution < -0.4 is 4.90 Å². The zero-order chi connectivity index (χ0) is 21.1. The summed E-state index contributed by atoms with van der Waals surface area (Å²) in [6.07, 6.45) is 1.45.